The highest BCUT2D eigenvalue weighted by atomic mass is 19.1. The Kier molecular flexibility index (Phi) is 4.10. The first-order valence-electron chi connectivity index (χ1n) is 7.78. The van der Waals surface area contributed by atoms with Gasteiger partial charge in [0.15, 0.2) is 0 Å². The molecule has 124 valence electrons. The minimum atomic E-state index is -0.395. The Morgan fingerprint density at radius 1 is 1.38 bits per heavy atom. The molecular weight excluding hydrogens is 309 g/mol. The second-order valence-electron chi connectivity index (χ2n) is 6.57. The molecule has 0 aliphatic carbocycles. The molecule has 3 rings (SSSR count). The van der Waals surface area contributed by atoms with E-state index < -0.39 is 5.41 Å². The van der Waals surface area contributed by atoms with Crippen molar-refractivity contribution in [2.45, 2.75) is 26.2 Å². The van der Waals surface area contributed by atoms with Crippen molar-refractivity contribution in [2.24, 2.45) is 5.92 Å². The minimum Gasteiger partial charge on any atom is -0.420 e. The van der Waals surface area contributed by atoms with Crippen molar-refractivity contribution in [3.63, 3.8) is 0 Å². The van der Waals surface area contributed by atoms with Crippen LogP contribution >= 0.6 is 0 Å². The van der Waals surface area contributed by atoms with E-state index >= 15 is 0 Å². The Bertz CT molecular complexity index is 826. The van der Waals surface area contributed by atoms with E-state index in [1.807, 2.05) is 20.8 Å². The van der Waals surface area contributed by atoms with Crippen LogP contribution in [0.25, 0.3) is 11.5 Å². The molecular formula is C18H18FN3O2. The number of halogens is 1. The molecule has 5 nitrogen and oxygen atoms in total. The number of hydrogen-bond donors (Lipinski definition) is 0. The van der Waals surface area contributed by atoms with Crippen LogP contribution in [0.15, 0.2) is 28.7 Å². The van der Waals surface area contributed by atoms with E-state index in [9.17, 15) is 9.18 Å². The first-order chi connectivity index (χ1) is 11.4. The SMILES string of the molecule is CC(C)C#CC(=O)N1CC(C)(c2nnc(-c3cccc(F)c3)o2)C1. The van der Waals surface area contributed by atoms with E-state index in [0.717, 1.165) is 0 Å². The quantitative estimate of drug-likeness (QED) is 0.796. The molecule has 0 bridgehead atoms. The topological polar surface area (TPSA) is 59.2 Å². The zero-order valence-electron chi connectivity index (χ0n) is 13.8. The summed E-state index contributed by atoms with van der Waals surface area (Å²) in [4.78, 5) is 13.6. The Labute approximate surface area is 139 Å². The van der Waals surface area contributed by atoms with E-state index in [2.05, 4.69) is 22.0 Å². The van der Waals surface area contributed by atoms with Crippen LogP contribution in [0.1, 0.15) is 26.7 Å². The minimum absolute atomic E-state index is 0.159. The summed E-state index contributed by atoms with van der Waals surface area (Å²) >= 11 is 0. The molecule has 24 heavy (non-hydrogen) atoms. The predicted octanol–water partition coefficient (Wildman–Crippen LogP) is 2.64. The Balaban J connectivity index is 1.71. The Morgan fingerprint density at radius 3 is 2.79 bits per heavy atom. The zero-order chi connectivity index (χ0) is 17.3. The molecule has 0 unspecified atom stereocenters. The molecule has 1 fully saturated rings. The third kappa shape index (κ3) is 3.16. The van der Waals surface area contributed by atoms with Crippen molar-refractivity contribution in [3.8, 4) is 23.3 Å². The van der Waals surface area contributed by atoms with Gasteiger partial charge in [0.25, 0.3) is 5.91 Å². The smallest absolute Gasteiger partial charge is 0.298 e. The number of rotatable bonds is 2. The summed E-state index contributed by atoms with van der Waals surface area (Å²) in [6, 6.07) is 6.00. The molecule has 0 radical (unpaired) electrons. The normalized spacial score (nSPS) is 15.6. The fourth-order valence-corrected chi connectivity index (χ4v) is 2.57. The molecule has 2 aromatic rings. The second kappa shape index (κ2) is 6.08. The molecule has 1 aliphatic heterocycles. The highest BCUT2D eigenvalue weighted by Gasteiger charge is 2.46. The van der Waals surface area contributed by atoms with Crippen molar-refractivity contribution in [1.82, 2.24) is 15.1 Å². The van der Waals surface area contributed by atoms with Crippen LogP contribution in [-0.4, -0.2) is 34.1 Å². The monoisotopic (exact) mass is 327 g/mol. The van der Waals surface area contributed by atoms with Gasteiger partial charge < -0.3 is 9.32 Å². The van der Waals surface area contributed by atoms with E-state index in [4.69, 9.17) is 4.42 Å². The van der Waals surface area contributed by atoms with Crippen molar-refractivity contribution in [1.29, 1.82) is 0 Å². The number of benzene rings is 1. The molecule has 0 atom stereocenters. The molecule has 2 heterocycles. The van der Waals surface area contributed by atoms with Crippen LogP contribution < -0.4 is 0 Å². The van der Waals surface area contributed by atoms with Crippen molar-refractivity contribution < 1.29 is 13.6 Å². The molecule has 1 amide bonds. The van der Waals surface area contributed by atoms with E-state index in [-0.39, 0.29) is 23.5 Å². The lowest BCUT2D eigenvalue weighted by atomic mass is 9.82. The summed E-state index contributed by atoms with van der Waals surface area (Å²) in [5.74, 6) is 5.83. The van der Waals surface area contributed by atoms with Gasteiger partial charge in [-0.05, 0) is 31.0 Å². The largest absolute Gasteiger partial charge is 0.420 e. The summed E-state index contributed by atoms with van der Waals surface area (Å²) in [5, 5.41) is 8.06. The lowest BCUT2D eigenvalue weighted by Crippen LogP contribution is -2.59. The number of likely N-dealkylation sites (tertiary alicyclic amines) is 1. The predicted molar refractivity (Wildman–Crippen MR) is 86.2 cm³/mol. The van der Waals surface area contributed by atoms with E-state index in [0.29, 0.717) is 24.5 Å². The third-order valence-corrected chi connectivity index (χ3v) is 3.85. The van der Waals surface area contributed by atoms with Crippen LogP contribution in [0.3, 0.4) is 0 Å². The van der Waals surface area contributed by atoms with Gasteiger partial charge >= 0.3 is 0 Å². The van der Waals surface area contributed by atoms with Crippen LogP contribution in [0.4, 0.5) is 4.39 Å². The number of aromatic nitrogens is 2. The number of carbonyl (C=O) groups is 1. The molecule has 1 aromatic heterocycles. The van der Waals surface area contributed by atoms with Gasteiger partial charge in [0, 0.05) is 24.6 Å². The maximum Gasteiger partial charge on any atom is 0.298 e. The van der Waals surface area contributed by atoms with E-state index in [1.54, 1.807) is 17.0 Å². The average Bonchev–Trinajstić information content (AvgIpc) is 3.00. The van der Waals surface area contributed by atoms with Gasteiger partial charge in [-0.2, -0.15) is 0 Å². The standard InChI is InChI=1S/C18H18FN3O2/c1-12(2)7-8-15(23)22-10-18(3,11-22)17-21-20-16(24-17)13-5-4-6-14(19)9-13/h4-6,9,12H,10-11H2,1-3H3. The van der Waals surface area contributed by atoms with Gasteiger partial charge in [0.2, 0.25) is 11.8 Å². The van der Waals surface area contributed by atoms with Gasteiger partial charge in [0.05, 0.1) is 5.41 Å². The molecule has 0 spiro atoms. The Morgan fingerprint density at radius 2 is 2.12 bits per heavy atom. The van der Waals surface area contributed by atoms with Crippen molar-refractivity contribution in [3.05, 3.63) is 36.0 Å². The lowest BCUT2D eigenvalue weighted by Gasteiger charge is -2.44. The van der Waals surface area contributed by atoms with Gasteiger partial charge in [-0.25, -0.2) is 4.39 Å². The molecule has 1 saturated heterocycles. The average molecular weight is 327 g/mol. The van der Waals surface area contributed by atoms with E-state index in [1.165, 1.54) is 12.1 Å². The zero-order valence-corrected chi connectivity index (χ0v) is 13.8. The molecule has 0 saturated carbocycles. The highest BCUT2D eigenvalue weighted by molar-refractivity contribution is 5.94. The van der Waals surface area contributed by atoms with Crippen molar-refractivity contribution >= 4 is 5.91 Å². The van der Waals surface area contributed by atoms with Gasteiger partial charge in [0.1, 0.15) is 5.82 Å². The summed E-state index contributed by atoms with van der Waals surface area (Å²) in [5.41, 5.74) is 0.140. The summed E-state index contributed by atoms with van der Waals surface area (Å²) in [6.07, 6.45) is 0. The number of hydrogen-bond acceptors (Lipinski definition) is 4. The van der Waals surface area contributed by atoms with Gasteiger partial charge in [-0.1, -0.05) is 25.8 Å². The fraction of sp³-hybridized carbons (Fsp3) is 0.389. The lowest BCUT2D eigenvalue weighted by molar-refractivity contribution is -0.132. The molecule has 0 N–H and O–H groups in total. The Hall–Kier alpha value is -2.68. The maximum atomic E-state index is 13.3. The molecule has 1 aliphatic rings. The van der Waals surface area contributed by atoms with Crippen LogP contribution in [0.2, 0.25) is 0 Å². The molecule has 6 heteroatoms. The highest BCUT2D eigenvalue weighted by Crippen LogP contribution is 2.34. The third-order valence-electron chi connectivity index (χ3n) is 3.85. The first kappa shape index (κ1) is 16.2. The van der Waals surface area contributed by atoms with Gasteiger partial charge in [-0.3, -0.25) is 4.79 Å². The summed E-state index contributed by atoms with van der Waals surface area (Å²) in [6.45, 7) is 6.78. The summed E-state index contributed by atoms with van der Waals surface area (Å²) in [7, 11) is 0. The number of nitrogens with zero attached hydrogens (tertiary/aromatic N) is 3. The van der Waals surface area contributed by atoms with Crippen molar-refractivity contribution in [2.75, 3.05) is 13.1 Å². The fourth-order valence-electron chi connectivity index (χ4n) is 2.57. The van der Waals surface area contributed by atoms with Crippen LogP contribution in [0, 0.1) is 23.6 Å². The van der Waals surface area contributed by atoms with Crippen LogP contribution in [0.5, 0.6) is 0 Å². The first-order valence-corrected chi connectivity index (χ1v) is 7.78. The van der Waals surface area contributed by atoms with Gasteiger partial charge in [-0.15, -0.1) is 10.2 Å². The molecule has 1 aromatic carbocycles. The number of carbonyl (C=O) groups excluding carboxylic acids is 1. The van der Waals surface area contributed by atoms with Crippen LogP contribution in [-0.2, 0) is 10.2 Å². The summed E-state index contributed by atoms with van der Waals surface area (Å²) < 4.78 is 19.0. The maximum absolute atomic E-state index is 13.3. The number of amides is 1. The second-order valence-corrected chi connectivity index (χ2v) is 6.57.